The third-order valence-corrected chi connectivity index (χ3v) is 5.51. The number of carboxylic acid groups (broad SMARTS) is 1. The minimum absolute atomic E-state index is 0.212. The number of hydrogen-bond acceptors (Lipinski definition) is 7. The molecule has 0 aromatic heterocycles. The number of aliphatic carboxylic acids is 1. The van der Waals surface area contributed by atoms with Crippen molar-refractivity contribution >= 4 is 47.3 Å². The Balaban J connectivity index is 1.97. The Bertz CT molecular complexity index is 1190. The number of nitrogens with one attached hydrogen (secondary N) is 2. The smallest absolute Gasteiger partial charge is 0.305 e. The fourth-order valence-corrected chi connectivity index (χ4v) is 3.84. The van der Waals surface area contributed by atoms with E-state index in [0.29, 0.717) is 11.3 Å². The third-order valence-electron chi connectivity index (χ3n) is 5.51. The molecule has 3 N–H and O–H groups in total. The minimum Gasteiger partial charge on any atom is -0.481 e. The summed E-state index contributed by atoms with van der Waals surface area (Å²) in [5.41, 5.74) is 0.808. The number of rotatable bonds is 10. The maximum atomic E-state index is 13.7. The number of anilines is 2. The summed E-state index contributed by atoms with van der Waals surface area (Å²) in [6, 6.07) is 12.0. The number of methoxy groups -OCH3 is 1. The van der Waals surface area contributed by atoms with E-state index in [0.717, 1.165) is 4.90 Å². The Hall–Kier alpha value is -4.58. The van der Waals surface area contributed by atoms with Crippen LogP contribution >= 0.6 is 0 Å². The standard InChI is InChI=1S/C25H26N4O8/c1-37-15-22(32)28-12-18(27-24(35)16-7-3-2-4-8-16)25(36)29(20-10-6-5-9-19(20)28)13-21(31)26-17(14-30)11-23(33)34/h2-10,14,17-18H,11-13,15H2,1H3,(H,26,31)(H,27,35)(H,33,34). The average Bonchev–Trinajstić information content (AvgIpc) is 2.99. The summed E-state index contributed by atoms with van der Waals surface area (Å²) in [7, 11) is 1.35. The molecule has 12 nitrogen and oxygen atoms in total. The largest absolute Gasteiger partial charge is 0.481 e. The van der Waals surface area contributed by atoms with E-state index >= 15 is 0 Å². The topological polar surface area (TPSA) is 162 Å². The number of hydrogen-bond donors (Lipinski definition) is 3. The number of para-hydroxylation sites is 2. The SMILES string of the molecule is COCC(=O)N1CC(NC(=O)c2ccccc2)C(=O)N(CC(=O)NC(C=O)CC(=O)O)c2ccccc21. The molecule has 3 rings (SSSR count). The van der Waals surface area contributed by atoms with Gasteiger partial charge in [0.05, 0.1) is 30.4 Å². The number of amides is 4. The molecule has 0 saturated carbocycles. The summed E-state index contributed by atoms with van der Waals surface area (Å²) in [5.74, 6) is -3.80. The van der Waals surface area contributed by atoms with Crippen molar-refractivity contribution in [3.8, 4) is 0 Å². The van der Waals surface area contributed by atoms with Gasteiger partial charge in [0.1, 0.15) is 25.5 Å². The summed E-state index contributed by atoms with van der Waals surface area (Å²) in [5, 5.41) is 13.9. The highest BCUT2D eigenvalue weighted by molar-refractivity contribution is 6.11. The van der Waals surface area contributed by atoms with Crippen molar-refractivity contribution in [2.75, 3.05) is 36.6 Å². The number of nitrogens with zero attached hydrogens (tertiary/aromatic N) is 2. The van der Waals surface area contributed by atoms with Crippen molar-refractivity contribution in [3.05, 3.63) is 60.2 Å². The highest BCUT2D eigenvalue weighted by atomic mass is 16.5. The first-order valence-corrected chi connectivity index (χ1v) is 11.3. The van der Waals surface area contributed by atoms with Crippen LogP contribution in [-0.4, -0.2) is 79.9 Å². The van der Waals surface area contributed by atoms with Crippen LogP contribution < -0.4 is 20.4 Å². The molecule has 2 aromatic carbocycles. The monoisotopic (exact) mass is 510 g/mol. The molecule has 2 atom stereocenters. The predicted molar refractivity (Wildman–Crippen MR) is 131 cm³/mol. The maximum Gasteiger partial charge on any atom is 0.305 e. The molecule has 2 aromatic rings. The van der Waals surface area contributed by atoms with Crippen molar-refractivity contribution in [1.29, 1.82) is 0 Å². The van der Waals surface area contributed by atoms with Gasteiger partial charge in [-0.1, -0.05) is 30.3 Å². The molecule has 12 heteroatoms. The Labute approximate surface area is 212 Å². The number of benzene rings is 2. The van der Waals surface area contributed by atoms with Gasteiger partial charge < -0.3 is 30.2 Å². The van der Waals surface area contributed by atoms with Gasteiger partial charge in [-0.3, -0.25) is 28.9 Å². The Morgan fingerprint density at radius 1 is 1.08 bits per heavy atom. The molecule has 0 fully saturated rings. The molecule has 194 valence electrons. The summed E-state index contributed by atoms with van der Waals surface area (Å²) < 4.78 is 4.98. The molecule has 0 aliphatic carbocycles. The van der Waals surface area contributed by atoms with E-state index in [1.807, 2.05) is 0 Å². The lowest BCUT2D eigenvalue weighted by atomic mass is 10.1. The summed E-state index contributed by atoms with van der Waals surface area (Å²) >= 11 is 0. The van der Waals surface area contributed by atoms with E-state index in [2.05, 4.69) is 10.6 Å². The van der Waals surface area contributed by atoms with Crippen LogP contribution in [0.1, 0.15) is 16.8 Å². The number of fused-ring (bicyclic) bond motifs is 1. The number of carbonyl (C=O) groups is 6. The first-order chi connectivity index (χ1) is 17.7. The van der Waals surface area contributed by atoms with Gasteiger partial charge in [0.15, 0.2) is 0 Å². The molecule has 0 bridgehead atoms. The molecular weight excluding hydrogens is 484 g/mol. The Kier molecular flexibility index (Phi) is 9.05. The second kappa shape index (κ2) is 12.4. The minimum atomic E-state index is -1.30. The molecule has 0 spiro atoms. The fraction of sp³-hybridized carbons (Fsp3) is 0.280. The van der Waals surface area contributed by atoms with Crippen LogP contribution in [0, 0.1) is 0 Å². The predicted octanol–water partition coefficient (Wildman–Crippen LogP) is -0.0304. The number of carbonyl (C=O) groups excluding carboxylic acids is 5. The second-order valence-corrected chi connectivity index (χ2v) is 8.15. The van der Waals surface area contributed by atoms with E-state index in [4.69, 9.17) is 9.84 Å². The molecule has 37 heavy (non-hydrogen) atoms. The van der Waals surface area contributed by atoms with E-state index in [9.17, 15) is 28.8 Å². The highest BCUT2D eigenvalue weighted by Gasteiger charge is 2.37. The molecule has 1 aliphatic heterocycles. The highest BCUT2D eigenvalue weighted by Crippen LogP contribution is 2.33. The molecule has 2 unspecified atom stereocenters. The zero-order chi connectivity index (χ0) is 26.9. The van der Waals surface area contributed by atoms with Gasteiger partial charge in [0, 0.05) is 12.7 Å². The second-order valence-electron chi connectivity index (χ2n) is 8.15. The van der Waals surface area contributed by atoms with Crippen LogP contribution in [-0.2, 0) is 28.7 Å². The van der Waals surface area contributed by atoms with Crippen molar-refractivity contribution in [1.82, 2.24) is 10.6 Å². The van der Waals surface area contributed by atoms with Gasteiger partial charge in [-0.15, -0.1) is 0 Å². The van der Waals surface area contributed by atoms with Gasteiger partial charge in [0.25, 0.3) is 17.7 Å². The van der Waals surface area contributed by atoms with Gasteiger partial charge in [0.2, 0.25) is 5.91 Å². The Morgan fingerprint density at radius 3 is 2.35 bits per heavy atom. The van der Waals surface area contributed by atoms with E-state index < -0.39 is 54.6 Å². The molecule has 1 heterocycles. The van der Waals surface area contributed by atoms with Crippen molar-refractivity contribution in [3.63, 3.8) is 0 Å². The lowest BCUT2D eigenvalue weighted by Crippen LogP contribution is -2.55. The molecule has 1 aliphatic rings. The Morgan fingerprint density at radius 2 is 1.73 bits per heavy atom. The van der Waals surface area contributed by atoms with Gasteiger partial charge in [-0.05, 0) is 24.3 Å². The summed E-state index contributed by atoms with van der Waals surface area (Å²) in [6.45, 7) is -1.12. The first kappa shape index (κ1) is 27.0. The van der Waals surface area contributed by atoms with Gasteiger partial charge in [-0.2, -0.15) is 0 Å². The summed E-state index contributed by atoms with van der Waals surface area (Å²) in [4.78, 5) is 76.8. The van der Waals surface area contributed by atoms with E-state index in [1.165, 1.54) is 18.1 Å². The molecule has 0 saturated heterocycles. The normalized spacial score (nSPS) is 15.7. The average molecular weight is 511 g/mol. The van der Waals surface area contributed by atoms with Crippen LogP contribution in [0.15, 0.2) is 54.6 Å². The maximum absolute atomic E-state index is 13.7. The van der Waals surface area contributed by atoms with Crippen molar-refractivity contribution in [2.45, 2.75) is 18.5 Å². The summed E-state index contributed by atoms with van der Waals surface area (Å²) in [6.07, 6.45) is -0.340. The van der Waals surface area contributed by atoms with Crippen LogP contribution in [0.2, 0.25) is 0 Å². The van der Waals surface area contributed by atoms with Crippen molar-refractivity contribution in [2.24, 2.45) is 0 Å². The van der Waals surface area contributed by atoms with Crippen LogP contribution in [0.5, 0.6) is 0 Å². The third kappa shape index (κ3) is 6.76. The first-order valence-electron chi connectivity index (χ1n) is 11.3. The fourth-order valence-electron chi connectivity index (χ4n) is 3.84. The zero-order valence-corrected chi connectivity index (χ0v) is 20.0. The zero-order valence-electron chi connectivity index (χ0n) is 20.0. The van der Waals surface area contributed by atoms with Crippen molar-refractivity contribution < 1.29 is 38.6 Å². The number of aldehydes is 1. The lowest BCUT2D eigenvalue weighted by molar-refractivity contribution is -0.139. The molecule has 4 amide bonds. The van der Waals surface area contributed by atoms with Crippen LogP contribution in [0.25, 0.3) is 0 Å². The molecular formula is C25H26N4O8. The van der Waals surface area contributed by atoms with Gasteiger partial charge in [-0.25, -0.2) is 0 Å². The van der Waals surface area contributed by atoms with Crippen LogP contribution in [0.3, 0.4) is 0 Å². The van der Waals surface area contributed by atoms with E-state index in [1.54, 1.807) is 48.5 Å². The van der Waals surface area contributed by atoms with E-state index in [-0.39, 0.29) is 25.1 Å². The quantitative estimate of drug-likeness (QED) is 0.375. The number of ether oxygens (including phenoxy) is 1. The van der Waals surface area contributed by atoms with Crippen LogP contribution in [0.4, 0.5) is 11.4 Å². The lowest BCUT2D eigenvalue weighted by Gasteiger charge is -2.25. The molecule has 0 radical (unpaired) electrons. The number of carboxylic acids is 1. The van der Waals surface area contributed by atoms with Gasteiger partial charge >= 0.3 is 5.97 Å².